The highest BCUT2D eigenvalue weighted by molar-refractivity contribution is 5.93. The number of likely N-dealkylation sites (tertiary alicyclic amines) is 1. The van der Waals surface area contributed by atoms with Crippen LogP contribution < -0.4 is 10.7 Å². The Morgan fingerprint density at radius 2 is 1.84 bits per heavy atom. The van der Waals surface area contributed by atoms with Gasteiger partial charge in [0.1, 0.15) is 17.1 Å². The second kappa shape index (κ2) is 9.92. The standard InChI is InChI=1S/C25H30N2O4.ClH/c1-15-7-9-27(10-8-15)20(22-6-5-18(4)30-22)14-26-25(29)23-13-21(28)19-12-16(2)11-17(3)24(19)31-23;/h5-6,11-13,15,20H,7-10,14H2,1-4H3,(H,26,29);1H. The molecular formula is C25H31ClN2O4. The number of nitrogens with zero attached hydrogens (tertiary/aromatic N) is 1. The Bertz CT molecular complexity index is 1160. The minimum atomic E-state index is -0.391. The van der Waals surface area contributed by atoms with E-state index >= 15 is 0 Å². The fourth-order valence-corrected chi connectivity index (χ4v) is 4.38. The molecule has 7 heteroatoms. The Morgan fingerprint density at radius 1 is 1.12 bits per heavy atom. The summed E-state index contributed by atoms with van der Waals surface area (Å²) in [6, 6.07) is 8.89. The summed E-state index contributed by atoms with van der Waals surface area (Å²) >= 11 is 0. The van der Waals surface area contributed by atoms with E-state index in [-0.39, 0.29) is 29.6 Å². The lowest BCUT2D eigenvalue weighted by Crippen LogP contribution is -2.41. The van der Waals surface area contributed by atoms with Crippen LogP contribution in [0.4, 0.5) is 0 Å². The molecule has 6 nitrogen and oxygen atoms in total. The van der Waals surface area contributed by atoms with Gasteiger partial charge in [-0.25, -0.2) is 0 Å². The molecule has 3 aromatic rings. The fraction of sp³-hybridized carbons (Fsp3) is 0.440. The number of fused-ring (bicyclic) bond motifs is 1. The van der Waals surface area contributed by atoms with Crippen LogP contribution in [0.15, 0.2) is 44.0 Å². The third kappa shape index (κ3) is 5.08. The van der Waals surface area contributed by atoms with Crippen molar-refractivity contribution in [3.63, 3.8) is 0 Å². The number of rotatable bonds is 5. The van der Waals surface area contributed by atoms with Gasteiger partial charge in [0.15, 0.2) is 11.2 Å². The SMILES string of the molecule is Cc1cc(C)c2oc(C(=O)NCC(c3ccc(C)o3)N3CCC(C)CC3)cc(=O)c2c1.Cl. The van der Waals surface area contributed by atoms with Crippen molar-refractivity contribution < 1.29 is 13.6 Å². The Balaban J connectivity index is 0.00000289. The van der Waals surface area contributed by atoms with Crippen LogP contribution in [0, 0.1) is 26.7 Å². The number of halogens is 1. The van der Waals surface area contributed by atoms with E-state index in [4.69, 9.17) is 8.83 Å². The first-order valence-corrected chi connectivity index (χ1v) is 11.0. The number of furan rings is 1. The van der Waals surface area contributed by atoms with Crippen molar-refractivity contribution in [1.29, 1.82) is 0 Å². The van der Waals surface area contributed by atoms with Gasteiger partial charge in [0.2, 0.25) is 0 Å². The number of carbonyl (C=O) groups is 1. The molecule has 0 radical (unpaired) electrons. The molecule has 1 amide bonds. The van der Waals surface area contributed by atoms with E-state index in [0.29, 0.717) is 23.4 Å². The monoisotopic (exact) mass is 458 g/mol. The Labute approximate surface area is 194 Å². The van der Waals surface area contributed by atoms with Crippen LogP contribution in [-0.2, 0) is 0 Å². The Morgan fingerprint density at radius 3 is 2.50 bits per heavy atom. The Kier molecular flexibility index (Phi) is 7.47. The summed E-state index contributed by atoms with van der Waals surface area (Å²) in [6.07, 6.45) is 2.25. The molecule has 0 bridgehead atoms. The highest BCUT2D eigenvalue weighted by Gasteiger charge is 2.27. The molecule has 1 aliphatic heterocycles. The molecule has 3 heterocycles. The van der Waals surface area contributed by atoms with Crippen LogP contribution >= 0.6 is 12.4 Å². The number of aryl methyl sites for hydroxylation is 3. The van der Waals surface area contributed by atoms with E-state index in [2.05, 4.69) is 17.1 Å². The molecule has 1 aliphatic rings. The summed E-state index contributed by atoms with van der Waals surface area (Å²) in [7, 11) is 0. The lowest BCUT2D eigenvalue weighted by atomic mass is 9.97. The zero-order valence-electron chi connectivity index (χ0n) is 19.1. The zero-order chi connectivity index (χ0) is 22.1. The van der Waals surface area contributed by atoms with Gasteiger partial charge in [0.05, 0.1) is 11.4 Å². The highest BCUT2D eigenvalue weighted by atomic mass is 35.5. The zero-order valence-corrected chi connectivity index (χ0v) is 19.9. The molecule has 1 N–H and O–H groups in total. The molecule has 32 heavy (non-hydrogen) atoms. The summed E-state index contributed by atoms with van der Waals surface area (Å²) in [5.74, 6) is 2.05. The topological polar surface area (TPSA) is 75.7 Å². The largest absolute Gasteiger partial charge is 0.465 e. The third-order valence-electron chi connectivity index (χ3n) is 6.19. The van der Waals surface area contributed by atoms with Gasteiger partial charge < -0.3 is 14.2 Å². The summed E-state index contributed by atoms with van der Waals surface area (Å²) in [6.45, 7) is 10.3. The number of piperidine rings is 1. The number of benzene rings is 1. The van der Waals surface area contributed by atoms with E-state index in [1.54, 1.807) is 6.07 Å². The van der Waals surface area contributed by atoms with Crippen LogP contribution in [0.3, 0.4) is 0 Å². The van der Waals surface area contributed by atoms with Crippen LogP contribution in [0.2, 0.25) is 0 Å². The van der Waals surface area contributed by atoms with Crippen molar-refractivity contribution in [2.24, 2.45) is 5.92 Å². The predicted molar refractivity (Wildman–Crippen MR) is 128 cm³/mol. The average molecular weight is 459 g/mol. The normalized spacial score (nSPS) is 16.0. The van der Waals surface area contributed by atoms with Gasteiger partial charge in [-0.05, 0) is 81.9 Å². The van der Waals surface area contributed by atoms with Gasteiger partial charge in [0, 0.05) is 12.6 Å². The van der Waals surface area contributed by atoms with Gasteiger partial charge in [-0.3, -0.25) is 14.5 Å². The van der Waals surface area contributed by atoms with Crippen molar-refractivity contribution in [3.05, 3.63) is 69.0 Å². The first kappa shape index (κ1) is 24.1. The van der Waals surface area contributed by atoms with Crippen LogP contribution in [-0.4, -0.2) is 30.4 Å². The van der Waals surface area contributed by atoms with Gasteiger partial charge in [-0.15, -0.1) is 12.4 Å². The van der Waals surface area contributed by atoms with E-state index < -0.39 is 5.91 Å². The molecule has 0 spiro atoms. The molecule has 1 aromatic carbocycles. The second-order valence-electron chi connectivity index (χ2n) is 8.83. The molecule has 2 aromatic heterocycles. The smallest absolute Gasteiger partial charge is 0.287 e. The number of amides is 1. The summed E-state index contributed by atoms with van der Waals surface area (Å²) in [4.78, 5) is 27.9. The molecule has 1 saturated heterocycles. The number of hydrogen-bond donors (Lipinski definition) is 1. The minimum Gasteiger partial charge on any atom is -0.465 e. The number of carbonyl (C=O) groups excluding carboxylic acids is 1. The molecule has 1 unspecified atom stereocenters. The van der Waals surface area contributed by atoms with Crippen molar-refractivity contribution >= 4 is 29.3 Å². The summed E-state index contributed by atoms with van der Waals surface area (Å²) in [5.41, 5.74) is 2.09. The Hall–Kier alpha value is -2.57. The van der Waals surface area contributed by atoms with Crippen molar-refractivity contribution in [2.45, 2.75) is 46.6 Å². The number of nitrogens with one attached hydrogen (secondary N) is 1. The number of hydrogen-bond acceptors (Lipinski definition) is 5. The molecule has 0 aliphatic carbocycles. The maximum Gasteiger partial charge on any atom is 0.287 e. The average Bonchev–Trinajstić information content (AvgIpc) is 3.16. The van der Waals surface area contributed by atoms with Gasteiger partial charge in [-0.1, -0.05) is 13.0 Å². The van der Waals surface area contributed by atoms with Gasteiger partial charge >= 0.3 is 0 Å². The molecule has 1 fully saturated rings. The van der Waals surface area contributed by atoms with E-state index in [1.165, 1.54) is 6.07 Å². The fourth-order valence-electron chi connectivity index (χ4n) is 4.38. The molecule has 1 atom stereocenters. The van der Waals surface area contributed by atoms with Crippen molar-refractivity contribution in [2.75, 3.05) is 19.6 Å². The molecule has 4 rings (SSSR count). The molecule has 0 saturated carbocycles. The van der Waals surface area contributed by atoms with Crippen molar-refractivity contribution in [3.8, 4) is 0 Å². The summed E-state index contributed by atoms with van der Waals surface area (Å²) < 4.78 is 11.7. The summed E-state index contributed by atoms with van der Waals surface area (Å²) in [5, 5.41) is 3.47. The van der Waals surface area contributed by atoms with Gasteiger partial charge in [0.25, 0.3) is 5.91 Å². The lowest BCUT2D eigenvalue weighted by molar-refractivity contribution is 0.0870. The minimum absolute atomic E-state index is 0. The van der Waals surface area contributed by atoms with Crippen LogP contribution in [0.5, 0.6) is 0 Å². The van der Waals surface area contributed by atoms with E-state index in [1.807, 2.05) is 39.0 Å². The van der Waals surface area contributed by atoms with Crippen molar-refractivity contribution in [1.82, 2.24) is 10.2 Å². The molecular weight excluding hydrogens is 428 g/mol. The first-order chi connectivity index (χ1) is 14.8. The quantitative estimate of drug-likeness (QED) is 0.586. The highest BCUT2D eigenvalue weighted by Crippen LogP contribution is 2.28. The van der Waals surface area contributed by atoms with Crippen LogP contribution in [0.1, 0.15) is 59.0 Å². The lowest BCUT2D eigenvalue weighted by Gasteiger charge is -2.35. The second-order valence-corrected chi connectivity index (χ2v) is 8.83. The van der Waals surface area contributed by atoms with E-state index in [0.717, 1.165) is 48.6 Å². The van der Waals surface area contributed by atoms with E-state index in [9.17, 15) is 9.59 Å². The first-order valence-electron chi connectivity index (χ1n) is 11.0. The maximum atomic E-state index is 12.9. The predicted octanol–water partition coefficient (Wildman–Crippen LogP) is 4.94. The third-order valence-corrected chi connectivity index (χ3v) is 6.19. The molecule has 172 valence electrons. The van der Waals surface area contributed by atoms with Crippen LogP contribution in [0.25, 0.3) is 11.0 Å². The maximum absolute atomic E-state index is 12.9. The van der Waals surface area contributed by atoms with Gasteiger partial charge in [-0.2, -0.15) is 0 Å².